The van der Waals surface area contributed by atoms with Crippen molar-refractivity contribution in [2.24, 2.45) is 11.7 Å². The molecule has 0 aromatic heterocycles. The predicted octanol–water partition coefficient (Wildman–Crippen LogP) is 1.64. The van der Waals surface area contributed by atoms with Gasteiger partial charge >= 0.3 is 0 Å². The first-order valence-corrected chi connectivity index (χ1v) is 6.36. The Morgan fingerprint density at radius 1 is 1.53 bits per heavy atom. The lowest BCUT2D eigenvalue weighted by atomic mass is 9.80. The van der Waals surface area contributed by atoms with Crippen molar-refractivity contribution in [1.82, 2.24) is 4.90 Å². The number of nitrogens with zero attached hydrogens (tertiary/aromatic N) is 1. The molecule has 0 spiro atoms. The molecule has 1 aliphatic carbocycles. The Hall–Kier alpha value is -1.62. The van der Waals surface area contributed by atoms with Crippen molar-refractivity contribution in [3.63, 3.8) is 0 Å². The SMILES string of the molecule is COc1ccc(C(=O)N(C)CC2CC(N)C2)cc1F. The van der Waals surface area contributed by atoms with E-state index >= 15 is 0 Å². The second-order valence-corrected chi connectivity index (χ2v) is 5.13. The highest BCUT2D eigenvalue weighted by Gasteiger charge is 2.28. The first-order valence-electron chi connectivity index (χ1n) is 6.36. The fourth-order valence-corrected chi connectivity index (χ4v) is 2.43. The van der Waals surface area contributed by atoms with Gasteiger partial charge in [-0.2, -0.15) is 0 Å². The summed E-state index contributed by atoms with van der Waals surface area (Å²) < 4.78 is 18.4. The number of carbonyl (C=O) groups excluding carboxylic acids is 1. The zero-order valence-corrected chi connectivity index (χ0v) is 11.2. The third-order valence-electron chi connectivity index (χ3n) is 3.55. The monoisotopic (exact) mass is 266 g/mol. The highest BCUT2D eigenvalue weighted by atomic mass is 19.1. The third kappa shape index (κ3) is 3.04. The highest BCUT2D eigenvalue weighted by Crippen LogP contribution is 2.26. The molecule has 0 atom stereocenters. The van der Waals surface area contributed by atoms with Crippen LogP contribution < -0.4 is 10.5 Å². The molecule has 1 fully saturated rings. The van der Waals surface area contributed by atoms with E-state index in [-0.39, 0.29) is 17.7 Å². The van der Waals surface area contributed by atoms with Crippen molar-refractivity contribution in [3.05, 3.63) is 29.6 Å². The van der Waals surface area contributed by atoms with Crippen LogP contribution in [0.3, 0.4) is 0 Å². The molecule has 4 nitrogen and oxygen atoms in total. The fraction of sp³-hybridized carbons (Fsp3) is 0.500. The second kappa shape index (κ2) is 5.57. The van der Waals surface area contributed by atoms with Crippen LogP contribution in [0.4, 0.5) is 4.39 Å². The molecule has 5 heteroatoms. The van der Waals surface area contributed by atoms with Crippen LogP contribution in [0, 0.1) is 11.7 Å². The molecular formula is C14H19FN2O2. The minimum absolute atomic E-state index is 0.143. The van der Waals surface area contributed by atoms with Crippen LogP contribution in [0.15, 0.2) is 18.2 Å². The van der Waals surface area contributed by atoms with E-state index in [1.54, 1.807) is 18.0 Å². The van der Waals surface area contributed by atoms with Crippen molar-refractivity contribution >= 4 is 5.91 Å². The summed E-state index contributed by atoms with van der Waals surface area (Å²) in [7, 11) is 3.13. The molecule has 0 saturated heterocycles. The fourth-order valence-electron chi connectivity index (χ4n) is 2.43. The van der Waals surface area contributed by atoms with Crippen molar-refractivity contribution < 1.29 is 13.9 Å². The van der Waals surface area contributed by atoms with Crippen molar-refractivity contribution in [2.75, 3.05) is 20.7 Å². The molecule has 1 aromatic carbocycles. The number of methoxy groups -OCH3 is 1. The smallest absolute Gasteiger partial charge is 0.253 e. The van der Waals surface area contributed by atoms with Crippen LogP contribution in [0.5, 0.6) is 5.75 Å². The van der Waals surface area contributed by atoms with E-state index in [0.29, 0.717) is 18.0 Å². The Kier molecular flexibility index (Phi) is 4.04. The van der Waals surface area contributed by atoms with E-state index in [4.69, 9.17) is 10.5 Å². The Balaban J connectivity index is 2.00. The van der Waals surface area contributed by atoms with Gasteiger partial charge in [0, 0.05) is 25.2 Å². The van der Waals surface area contributed by atoms with Gasteiger partial charge in [-0.15, -0.1) is 0 Å². The summed E-state index contributed by atoms with van der Waals surface area (Å²) in [6, 6.07) is 4.53. The Morgan fingerprint density at radius 3 is 2.74 bits per heavy atom. The molecule has 1 saturated carbocycles. The summed E-state index contributed by atoms with van der Waals surface area (Å²) in [6.45, 7) is 0.667. The number of hydrogen-bond donors (Lipinski definition) is 1. The van der Waals surface area contributed by atoms with Gasteiger partial charge in [-0.25, -0.2) is 4.39 Å². The first kappa shape index (κ1) is 13.8. The number of carbonyl (C=O) groups is 1. The Bertz CT molecular complexity index is 473. The molecule has 0 radical (unpaired) electrons. The minimum Gasteiger partial charge on any atom is -0.494 e. The van der Waals surface area contributed by atoms with Gasteiger partial charge in [0.2, 0.25) is 0 Å². The van der Waals surface area contributed by atoms with Gasteiger partial charge in [-0.3, -0.25) is 4.79 Å². The minimum atomic E-state index is -0.521. The molecule has 0 unspecified atom stereocenters. The van der Waals surface area contributed by atoms with Crippen molar-refractivity contribution in [2.45, 2.75) is 18.9 Å². The standard InChI is InChI=1S/C14H19FN2O2/c1-17(8-9-5-11(16)6-9)14(18)10-3-4-13(19-2)12(15)7-10/h3-4,7,9,11H,5-6,8,16H2,1-2H3. The Labute approximate surface area is 112 Å². The molecule has 0 heterocycles. The molecular weight excluding hydrogens is 247 g/mol. The number of halogens is 1. The summed E-state index contributed by atoms with van der Waals surface area (Å²) >= 11 is 0. The molecule has 2 N–H and O–H groups in total. The van der Waals surface area contributed by atoms with Crippen LogP contribution in [0.2, 0.25) is 0 Å². The zero-order chi connectivity index (χ0) is 14.0. The zero-order valence-electron chi connectivity index (χ0n) is 11.2. The van der Waals surface area contributed by atoms with Gasteiger partial charge in [0.1, 0.15) is 0 Å². The van der Waals surface area contributed by atoms with Gasteiger partial charge in [0.25, 0.3) is 5.91 Å². The largest absolute Gasteiger partial charge is 0.494 e. The van der Waals surface area contributed by atoms with Gasteiger partial charge in [0.15, 0.2) is 11.6 Å². The quantitative estimate of drug-likeness (QED) is 0.901. The average molecular weight is 266 g/mol. The van der Waals surface area contributed by atoms with E-state index in [1.807, 2.05) is 0 Å². The van der Waals surface area contributed by atoms with Crippen molar-refractivity contribution in [3.8, 4) is 5.75 Å². The molecule has 1 amide bonds. The Morgan fingerprint density at radius 2 is 2.21 bits per heavy atom. The van der Waals surface area contributed by atoms with Crippen LogP contribution in [0.1, 0.15) is 23.2 Å². The molecule has 104 valence electrons. The molecule has 1 aliphatic rings. The van der Waals surface area contributed by atoms with Gasteiger partial charge in [-0.05, 0) is 37.0 Å². The molecule has 19 heavy (non-hydrogen) atoms. The highest BCUT2D eigenvalue weighted by molar-refractivity contribution is 5.94. The van der Waals surface area contributed by atoms with Gasteiger partial charge in [0.05, 0.1) is 7.11 Å². The lowest BCUT2D eigenvalue weighted by molar-refractivity contribution is 0.0733. The number of hydrogen-bond acceptors (Lipinski definition) is 3. The van der Waals surface area contributed by atoms with Gasteiger partial charge in [-0.1, -0.05) is 0 Å². The maximum atomic E-state index is 13.6. The normalized spacial score (nSPS) is 21.7. The van der Waals surface area contributed by atoms with E-state index in [2.05, 4.69) is 0 Å². The predicted molar refractivity (Wildman–Crippen MR) is 70.6 cm³/mol. The number of ether oxygens (including phenoxy) is 1. The van der Waals surface area contributed by atoms with E-state index in [1.165, 1.54) is 19.2 Å². The number of nitrogens with two attached hydrogens (primary N) is 1. The molecule has 1 aromatic rings. The summed E-state index contributed by atoms with van der Waals surface area (Å²) in [5.41, 5.74) is 6.05. The number of rotatable bonds is 4. The maximum Gasteiger partial charge on any atom is 0.253 e. The van der Waals surface area contributed by atoms with Crippen LogP contribution >= 0.6 is 0 Å². The first-order chi connectivity index (χ1) is 9.01. The molecule has 0 bridgehead atoms. The van der Waals surface area contributed by atoms with E-state index in [0.717, 1.165) is 12.8 Å². The summed E-state index contributed by atoms with van der Waals surface area (Å²) in [6.07, 6.45) is 1.91. The number of benzene rings is 1. The van der Waals surface area contributed by atoms with E-state index in [9.17, 15) is 9.18 Å². The summed E-state index contributed by atoms with van der Waals surface area (Å²) in [4.78, 5) is 13.8. The van der Waals surface area contributed by atoms with Crippen molar-refractivity contribution in [1.29, 1.82) is 0 Å². The second-order valence-electron chi connectivity index (χ2n) is 5.13. The van der Waals surface area contributed by atoms with Crippen LogP contribution in [0.25, 0.3) is 0 Å². The molecule has 2 rings (SSSR count). The van der Waals surface area contributed by atoms with E-state index < -0.39 is 5.82 Å². The van der Waals surface area contributed by atoms with Crippen LogP contribution in [-0.2, 0) is 0 Å². The topological polar surface area (TPSA) is 55.6 Å². The maximum absolute atomic E-state index is 13.6. The average Bonchev–Trinajstić information content (AvgIpc) is 2.35. The summed E-state index contributed by atoms with van der Waals surface area (Å²) in [5, 5.41) is 0. The van der Waals surface area contributed by atoms with Gasteiger partial charge < -0.3 is 15.4 Å². The summed E-state index contributed by atoms with van der Waals surface area (Å²) in [5.74, 6) is -0.0920. The third-order valence-corrected chi connectivity index (χ3v) is 3.55. The lowest BCUT2D eigenvalue weighted by Gasteiger charge is -2.35. The number of amides is 1. The van der Waals surface area contributed by atoms with Crippen LogP contribution in [-0.4, -0.2) is 37.6 Å². The lowest BCUT2D eigenvalue weighted by Crippen LogP contribution is -2.43. The molecule has 0 aliphatic heterocycles.